The average Bonchev–Trinajstić information content (AvgIpc) is 3.57. The summed E-state index contributed by atoms with van der Waals surface area (Å²) in [6, 6.07) is 29.6. The summed E-state index contributed by atoms with van der Waals surface area (Å²) in [6.07, 6.45) is 3.35. The lowest BCUT2D eigenvalue weighted by Gasteiger charge is -2.55. The number of aromatic hydroxyl groups is 1. The van der Waals surface area contributed by atoms with Crippen LogP contribution >= 0.6 is 0 Å². The maximum atomic E-state index is 14.6. The number of amides is 3. The SMILES string of the molecule is C=CCN1CC(=O)N2[C@@H](Cc3ccc(O)cc3)C(=O)N(Cc3cccc(OC)c3OC3Cc4ccccc4C3)C[C@@H]2N1C(=O)CCc1ccccc1. The van der Waals surface area contributed by atoms with E-state index in [-0.39, 0.29) is 62.1 Å². The summed E-state index contributed by atoms with van der Waals surface area (Å²) in [7, 11) is 1.60. The molecule has 0 aromatic heterocycles. The van der Waals surface area contributed by atoms with E-state index in [1.165, 1.54) is 11.1 Å². The van der Waals surface area contributed by atoms with Crippen LogP contribution in [-0.2, 0) is 46.6 Å². The number of ether oxygens (including phenoxy) is 2. The third kappa shape index (κ3) is 7.25. The first-order valence-corrected chi connectivity index (χ1v) is 17.8. The molecule has 2 saturated heterocycles. The van der Waals surface area contributed by atoms with Crippen molar-refractivity contribution < 1.29 is 29.0 Å². The Balaban J connectivity index is 1.22. The molecule has 2 atom stereocenters. The minimum atomic E-state index is -0.884. The van der Waals surface area contributed by atoms with E-state index in [9.17, 15) is 19.5 Å². The van der Waals surface area contributed by atoms with Crippen LogP contribution in [0.3, 0.4) is 0 Å². The smallest absolute Gasteiger partial charge is 0.246 e. The number of hydrazine groups is 1. The Morgan fingerprint density at radius 2 is 1.62 bits per heavy atom. The van der Waals surface area contributed by atoms with E-state index in [1.807, 2.05) is 60.7 Å². The minimum absolute atomic E-state index is 0.0589. The van der Waals surface area contributed by atoms with Crippen LogP contribution in [0, 0.1) is 0 Å². The lowest BCUT2D eigenvalue weighted by molar-refractivity contribution is -0.205. The Bertz CT molecular complexity index is 1910. The van der Waals surface area contributed by atoms with Gasteiger partial charge in [0.1, 0.15) is 24.1 Å². The molecule has 0 saturated carbocycles. The predicted molar refractivity (Wildman–Crippen MR) is 196 cm³/mol. The van der Waals surface area contributed by atoms with Gasteiger partial charge in [-0.25, -0.2) is 10.0 Å². The van der Waals surface area contributed by atoms with Crippen molar-refractivity contribution >= 4 is 17.7 Å². The van der Waals surface area contributed by atoms with Gasteiger partial charge in [0.25, 0.3) is 0 Å². The number of rotatable bonds is 12. The first-order chi connectivity index (χ1) is 25.3. The predicted octanol–water partition coefficient (Wildman–Crippen LogP) is 4.93. The number of hydrogen-bond donors (Lipinski definition) is 1. The molecular weight excluding hydrogens is 656 g/mol. The van der Waals surface area contributed by atoms with Crippen molar-refractivity contribution in [1.29, 1.82) is 0 Å². The van der Waals surface area contributed by atoms with Crippen molar-refractivity contribution in [3.63, 3.8) is 0 Å². The monoisotopic (exact) mass is 700 g/mol. The summed E-state index contributed by atoms with van der Waals surface area (Å²) < 4.78 is 12.5. The fourth-order valence-electron chi connectivity index (χ4n) is 7.72. The molecule has 1 N–H and O–H groups in total. The van der Waals surface area contributed by atoms with Crippen LogP contribution < -0.4 is 9.47 Å². The van der Waals surface area contributed by atoms with Gasteiger partial charge in [0, 0.05) is 44.3 Å². The van der Waals surface area contributed by atoms with Gasteiger partial charge in [-0.05, 0) is 46.9 Å². The molecule has 3 amide bonds. The zero-order valence-electron chi connectivity index (χ0n) is 29.4. The molecule has 0 unspecified atom stereocenters. The van der Waals surface area contributed by atoms with Crippen molar-refractivity contribution in [2.45, 2.75) is 57.0 Å². The molecule has 7 rings (SSSR count). The maximum absolute atomic E-state index is 14.6. The summed E-state index contributed by atoms with van der Waals surface area (Å²) in [4.78, 5) is 46.2. The summed E-state index contributed by atoms with van der Waals surface area (Å²) >= 11 is 0. The Morgan fingerprint density at radius 3 is 2.31 bits per heavy atom. The van der Waals surface area contributed by atoms with Crippen LogP contribution in [0.2, 0.25) is 0 Å². The van der Waals surface area contributed by atoms with E-state index < -0.39 is 12.2 Å². The van der Waals surface area contributed by atoms with E-state index in [4.69, 9.17) is 9.47 Å². The normalized spacial score (nSPS) is 19.0. The highest BCUT2D eigenvalue weighted by Crippen LogP contribution is 2.37. The molecule has 4 aromatic carbocycles. The van der Waals surface area contributed by atoms with Gasteiger partial charge in [-0.2, -0.15) is 0 Å². The van der Waals surface area contributed by atoms with Crippen LogP contribution in [0.1, 0.15) is 34.2 Å². The molecule has 0 bridgehead atoms. The third-order valence-electron chi connectivity index (χ3n) is 10.2. The molecule has 268 valence electrons. The second-order valence-electron chi connectivity index (χ2n) is 13.6. The number of carbonyl (C=O) groups is 3. The van der Waals surface area contributed by atoms with Crippen LogP contribution in [0.15, 0.2) is 110 Å². The summed E-state index contributed by atoms with van der Waals surface area (Å²) in [5.41, 5.74) is 5.11. The fraction of sp³-hybridized carbons (Fsp3) is 0.310. The van der Waals surface area contributed by atoms with E-state index in [2.05, 4.69) is 18.7 Å². The highest BCUT2D eigenvalue weighted by molar-refractivity contribution is 5.92. The first kappa shape index (κ1) is 34.8. The Labute approximate surface area is 304 Å². The second kappa shape index (κ2) is 15.3. The quantitative estimate of drug-likeness (QED) is 0.209. The topological polar surface area (TPSA) is 103 Å². The van der Waals surface area contributed by atoms with Crippen LogP contribution in [0.5, 0.6) is 17.2 Å². The van der Waals surface area contributed by atoms with Crippen molar-refractivity contribution in [2.75, 3.05) is 26.7 Å². The summed E-state index contributed by atoms with van der Waals surface area (Å²) in [6.45, 7) is 4.42. The van der Waals surface area contributed by atoms with Gasteiger partial charge in [0.2, 0.25) is 17.7 Å². The highest BCUT2D eigenvalue weighted by atomic mass is 16.5. The van der Waals surface area contributed by atoms with Crippen molar-refractivity contribution in [3.8, 4) is 17.2 Å². The fourth-order valence-corrected chi connectivity index (χ4v) is 7.72. The number of carbonyl (C=O) groups excluding carboxylic acids is 3. The molecule has 0 radical (unpaired) electrons. The van der Waals surface area contributed by atoms with E-state index >= 15 is 0 Å². The first-order valence-electron chi connectivity index (χ1n) is 17.8. The molecule has 10 nitrogen and oxygen atoms in total. The second-order valence-corrected chi connectivity index (χ2v) is 13.6. The number of fused-ring (bicyclic) bond motifs is 2. The Kier molecular flexibility index (Phi) is 10.3. The average molecular weight is 701 g/mol. The van der Waals surface area contributed by atoms with Gasteiger partial charge in [-0.3, -0.25) is 14.4 Å². The molecule has 2 heterocycles. The zero-order chi connectivity index (χ0) is 36.2. The maximum Gasteiger partial charge on any atom is 0.246 e. The molecule has 0 spiro atoms. The lowest BCUT2D eigenvalue weighted by atomic mass is 9.98. The number of para-hydroxylation sites is 1. The Morgan fingerprint density at radius 1 is 0.904 bits per heavy atom. The Hall–Kier alpha value is -5.61. The molecule has 2 aliphatic heterocycles. The van der Waals surface area contributed by atoms with Gasteiger partial charge in [-0.15, -0.1) is 6.58 Å². The molecule has 4 aromatic rings. The molecule has 10 heteroatoms. The third-order valence-corrected chi connectivity index (χ3v) is 10.2. The van der Waals surface area contributed by atoms with Crippen molar-refractivity contribution in [1.82, 2.24) is 19.8 Å². The van der Waals surface area contributed by atoms with Crippen LogP contribution in [-0.4, -0.2) is 87.7 Å². The molecule has 1 aliphatic carbocycles. The van der Waals surface area contributed by atoms with E-state index in [1.54, 1.807) is 57.3 Å². The number of hydrogen-bond acceptors (Lipinski definition) is 7. The number of methoxy groups -OCH3 is 1. The van der Waals surface area contributed by atoms with Gasteiger partial charge in [0.05, 0.1) is 20.2 Å². The van der Waals surface area contributed by atoms with Crippen molar-refractivity contribution in [2.24, 2.45) is 0 Å². The highest BCUT2D eigenvalue weighted by Gasteiger charge is 2.51. The lowest BCUT2D eigenvalue weighted by Crippen LogP contribution is -2.75. The molecule has 52 heavy (non-hydrogen) atoms. The minimum Gasteiger partial charge on any atom is -0.508 e. The molecule has 3 aliphatic rings. The van der Waals surface area contributed by atoms with Gasteiger partial charge in [-0.1, -0.05) is 84.9 Å². The molecule has 2 fully saturated rings. The van der Waals surface area contributed by atoms with E-state index in [0.717, 1.165) is 29.5 Å². The number of benzene rings is 4. The largest absolute Gasteiger partial charge is 0.508 e. The van der Waals surface area contributed by atoms with Gasteiger partial charge in [0.15, 0.2) is 11.5 Å². The zero-order valence-corrected chi connectivity index (χ0v) is 29.4. The summed E-state index contributed by atoms with van der Waals surface area (Å²) in [5.74, 6) is 0.658. The summed E-state index contributed by atoms with van der Waals surface area (Å²) in [5, 5.41) is 13.4. The number of nitrogens with zero attached hydrogens (tertiary/aromatic N) is 4. The number of aryl methyl sites for hydroxylation is 1. The molecular formula is C42H44N4O6. The van der Waals surface area contributed by atoms with Crippen molar-refractivity contribution in [3.05, 3.63) is 138 Å². The number of phenolic OH excluding ortho intramolecular Hbond substituents is 1. The van der Waals surface area contributed by atoms with Gasteiger partial charge < -0.3 is 24.4 Å². The standard InChI is InChI=1S/C42H44N4O6/c1-3-22-44-28-40(49)45-36(23-30-16-19-34(47)20-17-30)42(50)43(27-38(45)46(44)39(48)21-18-29-10-5-4-6-11-29)26-33-14-9-15-37(51-2)41(33)52-35-24-31-12-7-8-13-32(31)25-35/h3-17,19-20,35-36,38,47H,1,18,21-28H2,2H3/t36-,38-/m0/s1. The number of piperazine rings is 1. The number of phenols is 1. The van der Waals surface area contributed by atoms with Gasteiger partial charge >= 0.3 is 0 Å². The van der Waals surface area contributed by atoms with Crippen LogP contribution in [0.4, 0.5) is 0 Å². The van der Waals surface area contributed by atoms with Crippen LogP contribution in [0.25, 0.3) is 0 Å². The van der Waals surface area contributed by atoms with E-state index in [0.29, 0.717) is 24.5 Å².